The lowest BCUT2D eigenvalue weighted by atomic mass is 10.1. The number of carbonyl (C=O) groups excluding carboxylic acids is 1. The van der Waals surface area contributed by atoms with Crippen molar-refractivity contribution in [2.75, 3.05) is 37.7 Å². The molecule has 28 heavy (non-hydrogen) atoms. The van der Waals surface area contributed by atoms with Crippen LogP contribution in [0.25, 0.3) is 0 Å². The second-order valence-electron chi connectivity index (χ2n) is 6.22. The molecule has 3 rings (SSSR count). The number of benzene rings is 2. The number of carbonyl (C=O) groups is 1. The monoisotopic (exact) mass is 391 g/mol. The Hall–Kier alpha value is -3.23. The van der Waals surface area contributed by atoms with Crippen LogP contribution in [0.1, 0.15) is 17.3 Å². The van der Waals surface area contributed by atoms with Crippen LogP contribution in [0.5, 0.6) is 5.75 Å². The Morgan fingerprint density at radius 3 is 2.50 bits per heavy atom. The number of anilines is 1. The summed E-state index contributed by atoms with van der Waals surface area (Å²) in [7, 11) is 0. The first-order valence-electron chi connectivity index (χ1n) is 8.81. The average molecular weight is 391 g/mol. The smallest absolute Gasteiger partial charge is 0.333 e. The van der Waals surface area contributed by atoms with Gasteiger partial charge in [-0.05, 0) is 31.2 Å². The molecule has 1 heterocycles. The first-order chi connectivity index (χ1) is 13.4. The van der Waals surface area contributed by atoms with Gasteiger partial charge in [0.1, 0.15) is 17.3 Å². The van der Waals surface area contributed by atoms with Crippen LogP contribution in [0.15, 0.2) is 36.4 Å². The van der Waals surface area contributed by atoms with E-state index in [1.165, 1.54) is 4.90 Å². The number of nitrogens with zero attached hydrogens (tertiary/aromatic N) is 3. The van der Waals surface area contributed by atoms with Crippen LogP contribution in [-0.4, -0.2) is 48.5 Å². The van der Waals surface area contributed by atoms with E-state index in [0.29, 0.717) is 31.5 Å². The lowest BCUT2D eigenvalue weighted by Gasteiger charge is -2.36. The minimum Gasteiger partial charge on any atom is -0.487 e. The maximum absolute atomic E-state index is 13.9. The molecule has 0 atom stereocenters. The van der Waals surface area contributed by atoms with Crippen molar-refractivity contribution in [3.8, 4) is 5.75 Å². The summed E-state index contributed by atoms with van der Waals surface area (Å²) in [6.07, 6.45) is 0. The number of rotatable bonds is 5. The van der Waals surface area contributed by atoms with E-state index in [-0.39, 0.29) is 30.1 Å². The Kier molecular flexibility index (Phi) is 5.72. The molecule has 1 fully saturated rings. The van der Waals surface area contributed by atoms with E-state index >= 15 is 0 Å². The maximum atomic E-state index is 13.9. The molecule has 1 aliphatic rings. The summed E-state index contributed by atoms with van der Waals surface area (Å²) in [5.41, 5.74) is 0.101. The summed E-state index contributed by atoms with van der Waals surface area (Å²) < 4.78 is 32.3. The summed E-state index contributed by atoms with van der Waals surface area (Å²) in [4.78, 5) is 26.8. The van der Waals surface area contributed by atoms with Gasteiger partial charge in [-0.25, -0.2) is 8.78 Å². The van der Waals surface area contributed by atoms with Gasteiger partial charge in [-0.1, -0.05) is 6.07 Å². The minimum absolute atomic E-state index is 0.117. The summed E-state index contributed by atoms with van der Waals surface area (Å²) >= 11 is 0. The number of piperazine rings is 1. The Morgan fingerprint density at radius 1 is 1.18 bits per heavy atom. The number of nitro groups is 1. The van der Waals surface area contributed by atoms with E-state index in [2.05, 4.69) is 0 Å². The van der Waals surface area contributed by atoms with Gasteiger partial charge in [0.25, 0.3) is 5.91 Å². The zero-order chi connectivity index (χ0) is 20.3. The van der Waals surface area contributed by atoms with Crippen LogP contribution < -0.4 is 9.64 Å². The van der Waals surface area contributed by atoms with Crippen LogP contribution in [0, 0.1) is 21.7 Å². The Bertz CT molecular complexity index is 899. The van der Waals surface area contributed by atoms with Crippen LogP contribution in [-0.2, 0) is 0 Å². The van der Waals surface area contributed by atoms with Crippen molar-refractivity contribution in [3.63, 3.8) is 0 Å². The van der Waals surface area contributed by atoms with Crippen molar-refractivity contribution in [3.05, 3.63) is 63.7 Å². The SMILES string of the molecule is CCOc1cccc(N2CCN(C(=O)c3ccc(F)cc3F)CC2)c1[N+](=O)[O-]. The van der Waals surface area contributed by atoms with Gasteiger partial charge in [0.15, 0.2) is 5.75 Å². The standard InChI is InChI=1S/C19H19F2N3O4/c1-2-28-17-5-3-4-16(18(17)24(26)27)22-8-10-23(11-9-22)19(25)14-7-6-13(20)12-15(14)21/h3-7,12H,2,8-11H2,1H3. The number of amides is 1. The molecule has 1 saturated heterocycles. The van der Waals surface area contributed by atoms with Crippen LogP contribution >= 0.6 is 0 Å². The molecule has 0 aromatic heterocycles. The Balaban J connectivity index is 1.76. The third-order valence-corrected chi connectivity index (χ3v) is 4.53. The van der Waals surface area contributed by atoms with Crippen molar-refractivity contribution >= 4 is 17.3 Å². The van der Waals surface area contributed by atoms with Gasteiger partial charge >= 0.3 is 5.69 Å². The van der Waals surface area contributed by atoms with E-state index < -0.39 is 22.5 Å². The molecule has 9 heteroatoms. The number of hydrogen-bond acceptors (Lipinski definition) is 5. The van der Waals surface area contributed by atoms with Gasteiger partial charge < -0.3 is 14.5 Å². The average Bonchev–Trinajstić information content (AvgIpc) is 2.67. The fourth-order valence-corrected chi connectivity index (χ4v) is 3.21. The van der Waals surface area contributed by atoms with Gasteiger partial charge in [-0.15, -0.1) is 0 Å². The highest BCUT2D eigenvalue weighted by Gasteiger charge is 2.29. The third kappa shape index (κ3) is 3.88. The zero-order valence-electron chi connectivity index (χ0n) is 15.2. The molecule has 0 unspecified atom stereocenters. The predicted octanol–water partition coefficient (Wildman–Crippen LogP) is 3.23. The Morgan fingerprint density at radius 2 is 1.89 bits per heavy atom. The lowest BCUT2D eigenvalue weighted by Crippen LogP contribution is -2.49. The molecule has 0 bridgehead atoms. The molecule has 0 spiro atoms. The lowest BCUT2D eigenvalue weighted by molar-refractivity contribution is -0.385. The molecule has 0 radical (unpaired) electrons. The van der Waals surface area contributed by atoms with E-state index in [9.17, 15) is 23.7 Å². The number of para-hydroxylation sites is 1. The fourth-order valence-electron chi connectivity index (χ4n) is 3.21. The van der Waals surface area contributed by atoms with Gasteiger partial charge in [0, 0.05) is 32.2 Å². The van der Waals surface area contributed by atoms with E-state index in [4.69, 9.17) is 4.74 Å². The highest BCUT2D eigenvalue weighted by molar-refractivity contribution is 5.94. The van der Waals surface area contributed by atoms with E-state index in [1.807, 2.05) is 0 Å². The number of nitro benzene ring substituents is 1. The molecule has 2 aromatic rings. The molecular weight excluding hydrogens is 372 g/mol. The number of hydrogen-bond donors (Lipinski definition) is 0. The Labute approximate surface area is 160 Å². The van der Waals surface area contributed by atoms with Crippen LogP contribution in [0.2, 0.25) is 0 Å². The molecule has 1 aliphatic heterocycles. The van der Waals surface area contributed by atoms with Crippen molar-refractivity contribution < 1.29 is 23.2 Å². The molecule has 0 aliphatic carbocycles. The highest BCUT2D eigenvalue weighted by atomic mass is 19.1. The first kappa shape index (κ1) is 19.5. The number of halogens is 2. The second-order valence-corrected chi connectivity index (χ2v) is 6.22. The molecule has 0 N–H and O–H groups in total. The molecule has 7 nitrogen and oxygen atoms in total. The molecular formula is C19H19F2N3O4. The van der Waals surface area contributed by atoms with Crippen LogP contribution in [0.3, 0.4) is 0 Å². The van der Waals surface area contributed by atoms with Crippen LogP contribution in [0.4, 0.5) is 20.2 Å². The molecule has 0 saturated carbocycles. The van der Waals surface area contributed by atoms with Gasteiger partial charge in [0.05, 0.1) is 17.1 Å². The normalized spacial score (nSPS) is 14.1. The minimum atomic E-state index is -0.910. The summed E-state index contributed by atoms with van der Waals surface area (Å²) in [6, 6.07) is 7.69. The molecule has 2 aromatic carbocycles. The topological polar surface area (TPSA) is 75.9 Å². The van der Waals surface area contributed by atoms with E-state index in [1.54, 1.807) is 30.0 Å². The van der Waals surface area contributed by atoms with Crippen molar-refractivity contribution in [2.45, 2.75) is 6.92 Å². The molecule has 1 amide bonds. The largest absolute Gasteiger partial charge is 0.487 e. The summed E-state index contributed by atoms with van der Waals surface area (Å²) in [5.74, 6) is -2.00. The van der Waals surface area contributed by atoms with Gasteiger partial charge in [-0.3, -0.25) is 14.9 Å². The van der Waals surface area contributed by atoms with Crippen molar-refractivity contribution in [1.82, 2.24) is 4.90 Å². The first-order valence-corrected chi connectivity index (χ1v) is 8.81. The predicted molar refractivity (Wildman–Crippen MR) is 98.7 cm³/mol. The van der Waals surface area contributed by atoms with Gasteiger partial charge in [-0.2, -0.15) is 0 Å². The zero-order valence-corrected chi connectivity index (χ0v) is 15.2. The maximum Gasteiger partial charge on any atom is 0.333 e. The van der Waals surface area contributed by atoms with Gasteiger partial charge in [0.2, 0.25) is 0 Å². The molecule has 148 valence electrons. The van der Waals surface area contributed by atoms with Crippen molar-refractivity contribution in [2.24, 2.45) is 0 Å². The fraction of sp³-hybridized carbons (Fsp3) is 0.316. The third-order valence-electron chi connectivity index (χ3n) is 4.53. The second kappa shape index (κ2) is 8.20. The van der Waals surface area contributed by atoms with E-state index in [0.717, 1.165) is 12.1 Å². The quantitative estimate of drug-likeness (QED) is 0.578. The summed E-state index contributed by atoms with van der Waals surface area (Å²) in [5, 5.41) is 11.5. The summed E-state index contributed by atoms with van der Waals surface area (Å²) in [6.45, 7) is 3.23. The number of ether oxygens (including phenoxy) is 1. The highest BCUT2D eigenvalue weighted by Crippen LogP contribution is 2.37. The van der Waals surface area contributed by atoms with Crippen molar-refractivity contribution in [1.29, 1.82) is 0 Å².